The van der Waals surface area contributed by atoms with Crippen LogP contribution in [0, 0.1) is 0 Å². The number of piperazine rings is 1. The van der Waals surface area contributed by atoms with Crippen LogP contribution in [0.1, 0.15) is 0 Å². The van der Waals surface area contributed by atoms with Gasteiger partial charge in [-0.15, -0.1) is 0 Å². The number of carbonyl (C=O) groups excluding carboxylic acids is 1. The van der Waals surface area contributed by atoms with Crippen molar-refractivity contribution in [1.29, 1.82) is 0 Å². The summed E-state index contributed by atoms with van der Waals surface area (Å²) in [6, 6.07) is 11.3. The van der Waals surface area contributed by atoms with Crippen LogP contribution in [0.4, 0.5) is 17.5 Å². The van der Waals surface area contributed by atoms with Crippen LogP contribution in [0.2, 0.25) is 10.0 Å². The molecule has 0 bridgehead atoms. The zero-order chi connectivity index (χ0) is 27.8. The van der Waals surface area contributed by atoms with Crippen molar-refractivity contribution in [3.05, 3.63) is 77.8 Å². The number of halogens is 2. The molecule has 0 saturated carbocycles. The highest BCUT2D eigenvalue weighted by Crippen LogP contribution is 2.40. The largest absolute Gasteiger partial charge is 0.454 e. The van der Waals surface area contributed by atoms with Gasteiger partial charge in [0.05, 0.1) is 16.2 Å². The number of amides is 1. The molecule has 2 aromatic carbocycles. The molecule has 1 aliphatic rings. The number of nitrogens with zero attached hydrogens (tertiary/aromatic N) is 7. The van der Waals surface area contributed by atoms with Crippen molar-refractivity contribution in [2.75, 3.05) is 36.4 Å². The monoisotopic (exact) mass is 574 g/mol. The Hall–Kier alpha value is -4.41. The number of nitrogens with one attached hydrogen (secondary N) is 1. The smallest absolute Gasteiger partial charge is 0.246 e. The Balaban J connectivity index is 1.23. The first-order valence-electron chi connectivity index (χ1n) is 12.5. The van der Waals surface area contributed by atoms with Gasteiger partial charge in [0.2, 0.25) is 11.9 Å². The van der Waals surface area contributed by atoms with E-state index in [9.17, 15) is 4.79 Å². The third-order valence-electron chi connectivity index (χ3n) is 6.75. The fourth-order valence-corrected chi connectivity index (χ4v) is 5.22. The molecule has 1 aliphatic heterocycles. The lowest BCUT2D eigenvalue weighted by Gasteiger charge is -2.34. The molecule has 4 heterocycles. The van der Waals surface area contributed by atoms with Gasteiger partial charge in [-0.25, -0.2) is 19.9 Å². The molecule has 0 spiro atoms. The zero-order valence-electron chi connectivity index (χ0n) is 21.5. The van der Waals surface area contributed by atoms with Crippen LogP contribution in [0.15, 0.2) is 67.8 Å². The minimum absolute atomic E-state index is 0.0787. The van der Waals surface area contributed by atoms with Crippen LogP contribution in [-0.4, -0.2) is 61.5 Å². The van der Waals surface area contributed by atoms with E-state index in [-0.39, 0.29) is 5.91 Å². The van der Waals surface area contributed by atoms with Crippen LogP contribution in [-0.2, 0) is 11.8 Å². The summed E-state index contributed by atoms with van der Waals surface area (Å²) < 4.78 is 8.10. The summed E-state index contributed by atoms with van der Waals surface area (Å²) >= 11 is 13.2. The number of rotatable bonds is 6. The molecule has 1 N–H and O–H groups in total. The SMILES string of the molecule is C=CC(=O)N1CCN(c2ncc3ncnc(Nc4cc(Cl)c(Oc5ccc6c(ccn6C)c5)c(Cl)c4)c3n2)CC1. The molecule has 202 valence electrons. The van der Waals surface area contributed by atoms with Crippen molar-refractivity contribution in [2.45, 2.75) is 0 Å². The Labute approximate surface area is 239 Å². The lowest BCUT2D eigenvalue weighted by Crippen LogP contribution is -2.48. The van der Waals surface area contributed by atoms with Crippen LogP contribution >= 0.6 is 23.2 Å². The van der Waals surface area contributed by atoms with E-state index in [2.05, 4.69) is 26.8 Å². The van der Waals surface area contributed by atoms with Crippen molar-refractivity contribution in [3.63, 3.8) is 0 Å². The first-order valence-corrected chi connectivity index (χ1v) is 13.3. The molecule has 1 saturated heterocycles. The number of hydrogen-bond donors (Lipinski definition) is 1. The minimum Gasteiger partial charge on any atom is -0.454 e. The fraction of sp³-hybridized carbons (Fsp3) is 0.179. The van der Waals surface area contributed by atoms with Gasteiger partial charge in [-0.05, 0) is 42.5 Å². The maximum atomic E-state index is 11.9. The number of hydrogen-bond acceptors (Lipinski definition) is 8. The number of carbonyl (C=O) groups is 1. The lowest BCUT2D eigenvalue weighted by molar-refractivity contribution is -0.126. The van der Waals surface area contributed by atoms with E-state index in [0.29, 0.717) is 76.2 Å². The van der Waals surface area contributed by atoms with E-state index in [1.54, 1.807) is 23.2 Å². The van der Waals surface area contributed by atoms with Crippen LogP contribution in [0.3, 0.4) is 0 Å². The van der Waals surface area contributed by atoms with E-state index < -0.39 is 0 Å². The normalized spacial score (nSPS) is 13.6. The van der Waals surface area contributed by atoms with Crippen molar-refractivity contribution in [1.82, 2.24) is 29.4 Å². The van der Waals surface area contributed by atoms with E-state index in [1.807, 2.05) is 47.0 Å². The van der Waals surface area contributed by atoms with Gasteiger partial charge in [0, 0.05) is 56.0 Å². The average molecular weight is 575 g/mol. The Morgan fingerprint density at radius 3 is 2.58 bits per heavy atom. The molecule has 10 nitrogen and oxygen atoms in total. The Morgan fingerprint density at radius 1 is 1.05 bits per heavy atom. The molecule has 3 aromatic heterocycles. The van der Waals surface area contributed by atoms with Gasteiger partial charge in [-0.3, -0.25) is 4.79 Å². The molecular weight excluding hydrogens is 551 g/mol. The maximum Gasteiger partial charge on any atom is 0.246 e. The first kappa shape index (κ1) is 25.8. The van der Waals surface area contributed by atoms with Crippen molar-refractivity contribution < 1.29 is 9.53 Å². The Morgan fingerprint density at radius 2 is 1.82 bits per heavy atom. The Bertz CT molecular complexity index is 1740. The second-order valence-electron chi connectivity index (χ2n) is 9.29. The van der Waals surface area contributed by atoms with Gasteiger partial charge in [0.25, 0.3) is 0 Å². The molecule has 1 amide bonds. The predicted molar refractivity (Wildman–Crippen MR) is 157 cm³/mol. The molecule has 1 fully saturated rings. The van der Waals surface area contributed by atoms with Gasteiger partial charge in [-0.2, -0.15) is 0 Å². The molecule has 40 heavy (non-hydrogen) atoms. The lowest BCUT2D eigenvalue weighted by atomic mass is 10.2. The molecule has 0 aliphatic carbocycles. The van der Waals surface area contributed by atoms with E-state index >= 15 is 0 Å². The molecule has 12 heteroatoms. The molecule has 0 atom stereocenters. The minimum atomic E-state index is -0.0787. The highest BCUT2D eigenvalue weighted by molar-refractivity contribution is 6.37. The molecule has 5 aromatic rings. The van der Waals surface area contributed by atoms with Crippen LogP contribution in [0.5, 0.6) is 11.5 Å². The second-order valence-corrected chi connectivity index (χ2v) is 10.1. The fourth-order valence-electron chi connectivity index (χ4n) is 4.65. The zero-order valence-corrected chi connectivity index (χ0v) is 23.0. The average Bonchev–Trinajstić information content (AvgIpc) is 3.34. The molecule has 0 unspecified atom stereocenters. The summed E-state index contributed by atoms with van der Waals surface area (Å²) in [6.07, 6.45) is 6.42. The Kier molecular flexibility index (Phi) is 6.87. The van der Waals surface area contributed by atoms with E-state index in [4.69, 9.17) is 32.9 Å². The third kappa shape index (κ3) is 4.99. The number of ether oxygens (including phenoxy) is 1. The van der Waals surface area contributed by atoms with Crippen molar-refractivity contribution in [2.24, 2.45) is 7.05 Å². The molecular formula is C28H24Cl2N8O2. The number of aromatic nitrogens is 5. The second kappa shape index (κ2) is 10.6. The first-order chi connectivity index (χ1) is 19.4. The maximum absolute atomic E-state index is 11.9. The van der Waals surface area contributed by atoms with Gasteiger partial charge >= 0.3 is 0 Å². The molecule has 0 radical (unpaired) electrons. The van der Waals surface area contributed by atoms with Gasteiger partial charge < -0.3 is 24.4 Å². The number of aryl methyl sites for hydroxylation is 1. The number of fused-ring (bicyclic) bond motifs is 2. The van der Waals surface area contributed by atoms with Gasteiger partial charge in [0.15, 0.2) is 11.6 Å². The third-order valence-corrected chi connectivity index (χ3v) is 7.31. The predicted octanol–water partition coefficient (Wildman–Crippen LogP) is 5.59. The topological polar surface area (TPSA) is 101 Å². The van der Waals surface area contributed by atoms with Crippen molar-refractivity contribution >= 4 is 68.5 Å². The summed E-state index contributed by atoms with van der Waals surface area (Å²) in [5.41, 5.74) is 2.83. The quantitative estimate of drug-likeness (QED) is 0.262. The van der Waals surface area contributed by atoms with E-state index in [0.717, 1.165) is 10.9 Å². The summed E-state index contributed by atoms with van der Waals surface area (Å²) in [5.74, 6) is 1.92. The summed E-state index contributed by atoms with van der Waals surface area (Å²) in [6.45, 7) is 5.89. The summed E-state index contributed by atoms with van der Waals surface area (Å²) in [5, 5.41) is 4.98. The summed E-state index contributed by atoms with van der Waals surface area (Å²) in [4.78, 5) is 33.6. The van der Waals surface area contributed by atoms with Crippen LogP contribution < -0.4 is 15.0 Å². The highest BCUT2D eigenvalue weighted by Gasteiger charge is 2.22. The van der Waals surface area contributed by atoms with Crippen molar-refractivity contribution in [3.8, 4) is 11.5 Å². The standard InChI is InChI=1S/C28H24Cl2N8O2/c1-3-24(39)37-8-10-38(11-9-37)28-31-15-22-25(35-28)27(33-16-32-22)34-18-13-20(29)26(21(30)14-18)40-19-4-5-23-17(12-19)6-7-36(23)2/h3-7,12-16H,1,8-11H2,2H3,(H,32,33,34). The number of anilines is 3. The summed E-state index contributed by atoms with van der Waals surface area (Å²) in [7, 11) is 1.99. The van der Waals surface area contributed by atoms with Gasteiger partial charge in [-0.1, -0.05) is 29.8 Å². The highest BCUT2D eigenvalue weighted by atomic mass is 35.5. The van der Waals surface area contributed by atoms with Crippen LogP contribution in [0.25, 0.3) is 21.9 Å². The number of benzene rings is 2. The van der Waals surface area contributed by atoms with E-state index in [1.165, 1.54) is 12.4 Å². The molecule has 6 rings (SSSR count). The van der Waals surface area contributed by atoms with Gasteiger partial charge in [0.1, 0.15) is 23.1 Å².